The minimum Gasteiger partial charge on any atom is -0.371 e. The topological polar surface area (TPSA) is 81.9 Å². The van der Waals surface area contributed by atoms with Crippen LogP contribution in [0.5, 0.6) is 0 Å². The highest BCUT2D eigenvalue weighted by Crippen LogP contribution is 2.23. The fourth-order valence-corrected chi connectivity index (χ4v) is 3.96. The fraction of sp³-hybridized carbons (Fsp3) is 0.476. The highest BCUT2D eigenvalue weighted by Gasteiger charge is 2.28. The second kappa shape index (κ2) is 8.73. The number of benzene rings is 1. The average Bonchev–Trinajstić information content (AvgIpc) is 3.41. The van der Waals surface area contributed by atoms with Crippen molar-refractivity contribution in [3.05, 3.63) is 47.6 Å². The number of nitrogens with zero attached hydrogens (tertiary/aromatic N) is 4. The summed E-state index contributed by atoms with van der Waals surface area (Å²) < 4.78 is 18.1. The summed E-state index contributed by atoms with van der Waals surface area (Å²) in [4.78, 5) is 30.6. The van der Waals surface area contributed by atoms with Crippen molar-refractivity contribution < 1.29 is 18.5 Å². The Labute approximate surface area is 174 Å². The summed E-state index contributed by atoms with van der Waals surface area (Å²) in [6, 6.07) is 8.04. The molecule has 2 aliphatic heterocycles. The Kier molecular flexibility index (Phi) is 5.87. The van der Waals surface area contributed by atoms with E-state index >= 15 is 0 Å². The summed E-state index contributed by atoms with van der Waals surface area (Å²) in [5.41, 5.74) is 1.68. The van der Waals surface area contributed by atoms with E-state index in [1.165, 1.54) is 12.1 Å². The van der Waals surface area contributed by atoms with Crippen molar-refractivity contribution in [1.29, 1.82) is 0 Å². The normalized spacial score (nSPS) is 19.3. The van der Waals surface area contributed by atoms with E-state index in [0.717, 1.165) is 25.2 Å². The van der Waals surface area contributed by atoms with Crippen molar-refractivity contribution in [1.82, 2.24) is 20.3 Å². The molecular formula is C21H26FN5O3. The lowest BCUT2D eigenvalue weighted by atomic mass is 10.1. The van der Waals surface area contributed by atoms with Gasteiger partial charge in [-0.1, -0.05) is 5.16 Å². The van der Waals surface area contributed by atoms with E-state index < -0.39 is 0 Å². The number of amides is 3. The molecule has 9 heteroatoms. The Balaban J connectivity index is 1.20. The number of rotatable bonds is 4. The molecule has 1 aromatic carbocycles. The number of carbonyl (C=O) groups is 2. The van der Waals surface area contributed by atoms with E-state index in [0.29, 0.717) is 44.3 Å². The van der Waals surface area contributed by atoms with E-state index in [9.17, 15) is 14.0 Å². The molecular weight excluding hydrogens is 389 g/mol. The van der Waals surface area contributed by atoms with Gasteiger partial charge in [-0.15, -0.1) is 0 Å². The Morgan fingerprint density at radius 3 is 2.50 bits per heavy atom. The lowest BCUT2D eigenvalue weighted by Crippen LogP contribution is -2.53. The fourth-order valence-electron chi connectivity index (χ4n) is 3.96. The van der Waals surface area contributed by atoms with Crippen LogP contribution in [-0.2, 0) is 0 Å². The van der Waals surface area contributed by atoms with E-state index in [2.05, 4.69) is 15.4 Å². The molecule has 1 unspecified atom stereocenters. The minimum atomic E-state index is -0.237. The number of anilines is 1. The van der Waals surface area contributed by atoms with E-state index in [1.807, 2.05) is 0 Å². The predicted molar refractivity (Wildman–Crippen MR) is 109 cm³/mol. The monoisotopic (exact) mass is 415 g/mol. The first-order chi connectivity index (χ1) is 14.5. The Hall–Kier alpha value is -3.10. The summed E-state index contributed by atoms with van der Waals surface area (Å²) >= 11 is 0. The highest BCUT2D eigenvalue weighted by atomic mass is 19.1. The van der Waals surface area contributed by atoms with Gasteiger partial charge in [-0.25, -0.2) is 9.18 Å². The third-order valence-electron chi connectivity index (χ3n) is 5.71. The quantitative estimate of drug-likeness (QED) is 0.827. The van der Waals surface area contributed by atoms with Crippen LogP contribution in [0, 0.1) is 18.7 Å². The van der Waals surface area contributed by atoms with Crippen molar-refractivity contribution in [3.8, 4) is 0 Å². The van der Waals surface area contributed by atoms with Crippen LogP contribution in [0.1, 0.15) is 22.7 Å². The number of urea groups is 1. The summed E-state index contributed by atoms with van der Waals surface area (Å²) in [5.74, 6) is 0.163. The molecule has 30 heavy (non-hydrogen) atoms. The summed E-state index contributed by atoms with van der Waals surface area (Å²) in [6.45, 7) is 6.01. The van der Waals surface area contributed by atoms with Crippen molar-refractivity contribution >= 4 is 17.6 Å². The van der Waals surface area contributed by atoms with Crippen LogP contribution < -0.4 is 10.2 Å². The Morgan fingerprint density at radius 2 is 1.83 bits per heavy atom. The lowest BCUT2D eigenvalue weighted by Gasteiger charge is -2.34. The molecule has 1 atom stereocenters. The lowest BCUT2D eigenvalue weighted by molar-refractivity contribution is 0.0624. The summed E-state index contributed by atoms with van der Waals surface area (Å²) in [6.07, 6.45) is 0.983. The zero-order chi connectivity index (χ0) is 21.1. The maximum absolute atomic E-state index is 13.1. The van der Waals surface area contributed by atoms with Gasteiger partial charge in [-0.05, 0) is 43.5 Å². The number of carbonyl (C=O) groups excluding carboxylic acids is 2. The first-order valence-electron chi connectivity index (χ1n) is 10.3. The van der Waals surface area contributed by atoms with Crippen LogP contribution >= 0.6 is 0 Å². The first kappa shape index (κ1) is 20.2. The molecule has 8 nitrogen and oxygen atoms in total. The first-order valence-corrected chi connectivity index (χ1v) is 10.3. The van der Waals surface area contributed by atoms with Gasteiger partial charge in [0.25, 0.3) is 5.91 Å². The van der Waals surface area contributed by atoms with Crippen LogP contribution in [0.4, 0.5) is 14.9 Å². The number of aromatic nitrogens is 1. The van der Waals surface area contributed by atoms with Crippen molar-refractivity contribution in [2.75, 3.05) is 50.7 Å². The molecule has 4 rings (SSSR count). The molecule has 0 spiro atoms. The van der Waals surface area contributed by atoms with Gasteiger partial charge in [0.1, 0.15) is 5.82 Å². The van der Waals surface area contributed by atoms with Gasteiger partial charge in [-0.2, -0.15) is 0 Å². The van der Waals surface area contributed by atoms with Gasteiger partial charge in [0.15, 0.2) is 0 Å². The second-order valence-electron chi connectivity index (χ2n) is 7.87. The molecule has 1 N–H and O–H groups in total. The van der Waals surface area contributed by atoms with E-state index in [-0.39, 0.29) is 23.5 Å². The van der Waals surface area contributed by atoms with Crippen LogP contribution in [0.3, 0.4) is 0 Å². The van der Waals surface area contributed by atoms with Gasteiger partial charge in [0, 0.05) is 57.6 Å². The number of piperazine rings is 1. The number of hydrogen-bond donors (Lipinski definition) is 1. The van der Waals surface area contributed by atoms with E-state index in [4.69, 9.17) is 4.52 Å². The zero-order valence-electron chi connectivity index (χ0n) is 17.0. The third kappa shape index (κ3) is 4.55. The molecule has 0 radical (unpaired) electrons. The molecule has 0 bridgehead atoms. The Morgan fingerprint density at radius 1 is 1.13 bits per heavy atom. The predicted octanol–water partition coefficient (Wildman–Crippen LogP) is 2.12. The van der Waals surface area contributed by atoms with Gasteiger partial charge >= 0.3 is 6.03 Å². The van der Waals surface area contributed by atoms with Crippen LogP contribution in [0.2, 0.25) is 0 Å². The van der Waals surface area contributed by atoms with Gasteiger partial charge < -0.3 is 24.5 Å². The number of aryl methyl sites for hydroxylation is 1. The number of nitrogens with one attached hydrogen (secondary N) is 1. The zero-order valence-corrected chi connectivity index (χ0v) is 17.0. The largest absolute Gasteiger partial charge is 0.371 e. The Bertz CT molecular complexity index is 892. The average molecular weight is 415 g/mol. The molecule has 2 aromatic rings. The standard InChI is InChI=1S/C21H26FN5O3/c1-15-12-19(30-24-15)20(28)25-8-10-26(11-9-25)21(29)23-13-16-6-7-27(14-16)18-4-2-17(22)3-5-18/h2-5,12,16H,6-11,13-14H2,1H3,(H,23,29). The van der Waals surface area contributed by atoms with E-state index in [1.54, 1.807) is 34.9 Å². The van der Waals surface area contributed by atoms with Crippen molar-refractivity contribution in [3.63, 3.8) is 0 Å². The SMILES string of the molecule is Cc1cc(C(=O)N2CCN(C(=O)NCC3CCN(c4ccc(F)cc4)C3)CC2)on1. The summed E-state index contributed by atoms with van der Waals surface area (Å²) in [7, 11) is 0. The maximum Gasteiger partial charge on any atom is 0.317 e. The molecule has 160 valence electrons. The smallest absolute Gasteiger partial charge is 0.317 e. The van der Waals surface area contributed by atoms with Crippen LogP contribution in [-0.4, -0.2) is 72.7 Å². The van der Waals surface area contributed by atoms with Gasteiger partial charge in [-0.3, -0.25) is 4.79 Å². The third-order valence-corrected chi connectivity index (χ3v) is 5.71. The minimum absolute atomic E-state index is 0.0992. The molecule has 0 aliphatic carbocycles. The molecule has 2 aliphatic rings. The van der Waals surface area contributed by atoms with Crippen LogP contribution in [0.15, 0.2) is 34.9 Å². The van der Waals surface area contributed by atoms with Crippen molar-refractivity contribution in [2.24, 2.45) is 5.92 Å². The molecule has 2 fully saturated rings. The maximum atomic E-state index is 13.1. The molecule has 1 aromatic heterocycles. The molecule has 0 saturated carbocycles. The number of halogens is 1. The van der Waals surface area contributed by atoms with Gasteiger partial charge in [0.05, 0.1) is 5.69 Å². The van der Waals surface area contributed by atoms with Gasteiger partial charge in [0.2, 0.25) is 5.76 Å². The highest BCUT2D eigenvalue weighted by molar-refractivity contribution is 5.91. The summed E-state index contributed by atoms with van der Waals surface area (Å²) in [5, 5.41) is 6.77. The molecule has 3 amide bonds. The van der Waals surface area contributed by atoms with Crippen LogP contribution in [0.25, 0.3) is 0 Å². The van der Waals surface area contributed by atoms with Crippen molar-refractivity contribution in [2.45, 2.75) is 13.3 Å². The number of hydrogen-bond acceptors (Lipinski definition) is 5. The second-order valence-corrected chi connectivity index (χ2v) is 7.87. The molecule has 3 heterocycles. The molecule has 2 saturated heterocycles.